The van der Waals surface area contributed by atoms with E-state index >= 15 is 0 Å². The maximum Gasteiger partial charge on any atom is 0.425 e. The van der Waals surface area contributed by atoms with Gasteiger partial charge >= 0.3 is 22.3 Å². The Balaban J connectivity index is 2.39. The normalized spacial score (nSPS) is 17.0. The minimum Gasteiger partial charge on any atom is -0.465 e. The molecule has 1 fully saturated rings. The Morgan fingerprint density at radius 2 is 1.85 bits per heavy atom. The molecule has 0 atom stereocenters. The molecule has 1 aliphatic heterocycles. The van der Waals surface area contributed by atoms with Crippen molar-refractivity contribution in [2.24, 2.45) is 0 Å². The van der Waals surface area contributed by atoms with Crippen LogP contribution in [0.4, 0.5) is 10.5 Å². The molecule has 10 heteroatoms. The third-order valence-corrected chi connectivity index (χ3v) is 5.69. The molecule has 1 aromatic rings. The van der Waals surface area contributed by atoms with Crippen molar-refractivity contribution in [1.29, 1.82) is 0 Å². The molecule has 8 nitrogen and oxygen atoms in total. The number of nitrogens with zero attached hydrogens (tertiary/aromatic N) is 2. The number of hydrogen-bond donors (Lipinski definition) is 0. The summed E-state index contributed by atoms with van der Waals surface area (Å²) in [5.41, 5.74) is -0.577. The van der Waals surface area contributed by atoms with Gasteiger partial charge in [0.2, 0.25) is 0 Å². The highest BCUT2D eigenvalue weighted by Crippen LogP contribution is 2.29. The first-order valence-electron chi connectivity index (χ1n) is 7.88. The van der Waals surface area contributed by atoms with Crippen LogP contribution in [0.5, 0.6) is 0 Å². The molecular weight excluding hydrogens is 384 g/mol. The number of amides is 1. The Kier molecular flexibility index (Phi) is 5.72. The molecule has 1 heterocycles. The summed E-state index contributed by atoms with van der Waals surface area (Å²) in [5.74, 6) is -0.685. The Morgan fingerprint density at radius 1 is 1.19 bits per heavy atom. The minimum atomic E-state index is -4.15. The summed E-state index contributed by atoms with van der Waals surface area (Å²) >= 11 is 5.98. The Hall–Kier alpha value is -2.00. The molecule has 0 aliphatic carbocycles. The Morgan fingerprint density at radius 3 is 2.42 bits per heavy atom. The van der Waals surface area contributed by atoms with Crippen LogP contribution >= 0.6 is 11.6 Å². The zero-order chi connectivity index (χ0) is 19.7. The lowest BCUT2D eigenvalue weighted by Crippen LogP contribution is -2.53. The number of methoxy groups -OCH3 is 1. The van der Waals surface area contributed by atoms with Crippen LogP contribution in [0, 0.1) is 0 Å². The van der Waals surface area contributed by atoms with Gasteiger partial charge in [-0.05, 0) is 45.4 Å². The first-order valence-corrected chi connectivity index (χ1v) is 9.66. The lowest BCUT2D eigenvalue weighted by molar-refractivity contribution is 0.0384. The molecule has 1 amide bonds. The van der Waals surface area contributed by atoms with Gasteiger partial charge in [-0.2, -0.15) is 12.7 Å². The summed E-state index contributed by atoms with van der Waals surface area (Å²) in [6.45, 7) is 5.14. The number of esters is 1. The van der Waals surface area contributed by atoms with Crippen LogP contribution in [0.15, 0.2) is 18.2 Å². The maximum absolute atomic E-state index is 12.9. The van der Waals surface area contributed by atoms with Crippen LogP contribution in [-0.2, 0) is 19.7 Å². The van der Waals surface area contributed by atoms with Crippen LogP contribution in [0.25, 0.3) is 0 Å². The molecule has 1 aliphatic rings. The fourth-order valence-corrected chi connectivity index (χ4v) is 4.16. The molecular formula is C16H21ClN2O6S. The van der Waals surface area contributed by atoms with Gasteiger partial charge in [0.05, 0.1) is 23.4 Å². The molecule has 0 unspecified atom stereocenters. The molecule has 144 valence electrons. The van der Waals surface area contributed by atoms with Crippen molar-refractivity contribution < 1.29 is 27.5 Å². The second kappa shape index (κ2) is 7.32. The zero-order valence-electron chi connectivity index (χ0n) is 15.0. The fraction of sp³-hybridized carbons (Fsp3) is 0.500. The fourth-order valence-electron chi connectivity index (χ4n) is 2.40. The lowest BCUT2D eigenvalue weighted by atomic mass is 10.2. The van der Waals surface area contributed by atoms with E-state index in [2.05, 4.69) is 4.74 Å². The molecule has 0 aromatic heterocycles. The van der Waals surface area contributed by atoms with Crippen molar-refractivity contribution in [3.05, 3.63) is 28.8 Å². The third-order valence-electron chi connectivity index (χ3n) is 3.52. The highest BCUT2D eigenvalue weighted by molar-refractivity contribution is 7.91. The summed E-state index contributed by atoms with van der Waals surface area (Å²) in [6, 6.07) is 4.19. The van der Waals surface area contributed by atoms with Crippen LogP contribution in [0.2, 0.25) is 5.02 Å². The number of hydrogen-bond acceptors (Lipinski definition) is 6. The first-order chi connectivity index (χ1) is 12.0. The monoisotopic (exact) mass is 404 g/mol. The van der Waals surface area contributed by atoms with Crippen molar-refractivity contribution in [3.8, 4) is 0 Å². The SMILES string of the molecule is COC(=O)c1cc(N2CCCN(C(=O)OC(C)(C)C)S2(=O)=O)ccc1Cl. The minimum absolute atomic E-state index is 0.0190. The quantitative estimate of drug-likeness (QED) is 0.703. The molecule has 0 spiro atoms. The van der Waals surface area contributed by atoms with Gasteiger partial charge in [-0.3, -0.25) is 4.31 Å². The van der Waals surface area contributed by atoms with E-state index in [0.717, 1.165) is 4.31 Å². The topological polar surface area (TPSA) is 93.2 Å². The second-order valence-electron chi connectivity index (χ2n) is 6.64. The van der Waals surface area contributed by atoms with E-state index in [-0.39, 0.29) is 29.4 Å². The summed E-state index contributed by atoms with van der Waals surface area (Å²) in [5, 5.41) is 0.138. The van der Waals surface area contributed by atoms with E-state index in [4.69, 9.17) is 16.3 Å². The number of carbonyl (C=O) groups excluding carboxylic acids is 2. The van der Waals surface area contributed by atoms with E-state index in [1.165, 1.54) is 25.3 Å². The van der Waals surface area contributed by atoms with Crippen molar-refractivity contribution in [3.63, 3.8) is 0 Å². The van der Waals surface area contributed by atoms with Gasteiger partial charge in [0.1, 0.15) is 5.60 Å². The van der Waals surface area contributed by atoms with Gasteiger partial charge < -0.3 is 9.47 Å². The van der Waals surface area contributed by atoms with Crippen LogP contribution in [0.3, 0.4) is 0 Å². The zero-order valence-corrected chi connectivity index (χ0v) is 16.6. The molecule has 0 bridgehead atoms. The highest BCUT2D eigenvalue weighted by atomic mass is 35.5. The lowest BCUT2D eigenvalue weighted by Gasteiger charge is -2.36. The van der Waals surface area contributed by atoms with Crippen LogP contribution < -0.4 is 4.31 Å². The van der Waals surface area contributed by atoms with Crippen molar-refractivity contribution in [2.75, 3.05) is 24.5 Å². The summed E-state index contributed by atoms with van der Waals surface area (Å²) in [6.07, 6.45) is -0.529. The molecule has 0 radical (unpaired) electrons. The number of rotatable bonds is 2. The summed E-state index contributed by atoms with van der Waals surface area (Å²) in [4.78, 5) is 24.1. The van der Waals surface area contributed by atoms with E-state index in [0.29, 0.717) is 10.7 Å². The number of halogens is 1. The van der Waals surface area contributed by atoms with Crippen LogP contribution in [-0.4, -0.2) is 50.6 Å². The third kappa shape index (κ3) is 4.21. The van der Waals surface area contributed by atoms with Crippen molar-refractivity contribution >= 4 is 39.6 Å². The number of benzene rings is 1. The molecule has 0 N–H and O–H groups in total. The number of anilines is 1. The average Bonchev–Trinajstić information content (AvgIpc) is 2.52. The smallest absolute Gasteiger partial charge is 0.425 e. The van der Waals surface area contributed by atoms with Gasteiger partial charge in [-0.15, -0.1) is 0 Å². The summed E-state index contributed by atoms with van der Waals surface area (Å²) in [7, 11) is -2.95. The highest BCUT2D eigenvalue weighted by Gasteiger charge is 2.39. The average molecular weight is 405 g/mol. The molecule has 0 saturated carbocycles. The van der Waals surface area contributed by atoms with Crippen LogP contribution in [0.1, 0.15) is 37.6 Å². The number of ether oxygens (including phenoxy) is 2. The largest absolute Gasteiger partial charge is 0.465 e. The standard InChI is InChI=1S/C16H21ClN2O6S/c1-16(2,3)25-15(21)19-9-5-8-18(26(19,22)23)11-6-7-13(17)12(10-11)14(20)24-4/h6-7,10H,5,8-9H2,1-4H3. The molecule has 26 heavy (non-hydrogen) atoms. The van der Waals surface area contributed by atoms with E-state index in [1.807, 2.05) is 0 Å². The molecule has 1 aromatic carbocycles. The van der Waals surface area contributed by atoms with Crippen molar-refractivity contribution in [2.45, 2.75) is 32.8 Å². The first kappa shape index (κ1) is 20.3. The van der Waals surface area contributed by atoms with E-state index < -0.39 is 27.9 Å². The summed E-state index contributed by atoms with van der Waals surface area (Å²) < 4.78 is 37.3. The number of carbonyl (C=O) groups is 2. The van der Waals surface area contributed by atoms with Gasteiger partial charge in [0.15, 0.2) is 0 Å². The molecule has 1 saturated heterocycles. The molecule has 2 rings (SSSR count). The van der Waals surface area contributed by atoms with Gasteiger partial charge in [-0.25, -0.2) is 9.59 Å². The van der Waals surface area contributed by atoms with E-state index in [1.54, 1.807) is 20.8 Å². The maximum atomic E-state index is 12.9. The van der Waals surface area contributed by atoms with Gasteiger partial charge in [-0.1, -0.05) is 11.6 Å². The Labute approximate surface area is 157 Å². The predicted octanol–water partition coefficient (Wildman–Crippen LogP) is 2.82. The Bertz CT molecular complexity index is 819. The predicted molar refractivity (Wildman–Crippen MR) is 96.6 cm³/mol. The second-order valence-corrected chi connectivity index (χ2v) is 8.83. The van der Waals surface area contributed by atoms with Gasteiger partial charge in [0, 0.05) is 13.1 Å². The van der Waals surface area contributed by atoms with Crippen molar-refractivity contribution in [1.82, 2.24) is 4.31 Å². The van der Waals surface area contributed by atoms with E-state index in [9.17, 15) is 18.0 Å². The van der Waals surface area contributed by atoms with Gasteiger partial charge in [0.25, 0.3) is 0 Å².